The van der Waals surface area contributed by atoms with Crippen LogP contribution in [0.25, 0.3) is 0 Å². The summed E-state index contributed by atoms with van der Waals surface area (Å²) in [6.45, 7) is 4.98. The van der Waals surface area contributed by atoms with Crippen molar-refractivity contribution >= 4 is 11.7 Å². The van der Waals surface area contributed by atoms with Crippen LogP contribution in [-0.2, 0) is 11.3 Å². The summed E-state index contributed by atoms with van der Waals surface area (Å²) in [6.07, 6.45) is 2.06. The largest absolute Gasteiger partial charge is 0.481 e. The molecule has 2 rings (SSSR count). The molecule has 1 heterocycles. The number of rotatable bonds is 5. The van der Waals surface area contributed by atoms with Crippen molar-refractivity contribution in [1.82, 2.24) is 4.90 Å². The monoisotopic (exact) mass is 276 g/mol. The van der Waals surface area contributed by atoms with Crippen LogP contribution in [0.15, 0.2) is 24.3 Å². The van der Waals surface area contributed by atoms with Crippen molar-refractivity contribution in [2.24, 2.45) is 0 Å². The van der Waals surface area contributed by atoms with E-state index in [1.165, 1.54) is 11.3 Å². The summed E-state index contributed by atoms with van der Waals surface area (Å²) in [5, 5.41) is 8.79. The Morgan fingerprint density at radius 2 is 2.15 bits per heavy atom. The molecule has 0 saturated heterocycles. The molecule has 20 heavy (non-hydrogen) atoms. The number of hydrogen-bond donors (Lipinski definition) is 1. The van der Waals surface area contributed by atoms with Crippen molar-refractivity contribution in [2.75, 3.05) is 25.0 Å². The van der Waals surface area contributed by atoms with Crippen LogP contribution in [0.5, 0.6) is 0 Å². The van der Waals surface area contributed by atoms with Crippen molar-refractivity contribution < 1.29 is 9.90 Å². The van der Waals surface area contributed by atoms with E-state index in [-0.39, 0.29) is 6.42 Å². The highest BCUT2D eigenvalue weighted by atomic mass is 16.4. The van der Waals surface area contributed by atoms with E-state index in [1.807, 2.05) is 0 Å². The SMILES string of the molecule is CC[C@@H]1CN(C)c2ccccc2CN1CCCC(=O)O. The van der Waals surface area contributed by atoms with Gasteiger partial charge in [0.1, 0.15) is 0 Å². The third-order valence-electron chi connectivity index (χ3n) is 4.08. The third kappa shape index (κ3) is 3.51. The first-order valence-electron chi connectivity index (χ1n) is 7.36. The Balaban J connectivity index is 2.12. The van der Waals surface area contributed by atoms with Crippen LogP contribution >= 0.6 is 0 Å². The normalized spacial score (nSPS) is 19.5. The lowest BCUT2D eigenvalue weighted by Gasteiger charge is -2.30. The maximum Gasteiger partial charge on any atom is 0.303 e. The molecule has 1 aromatic rings. The number of likely N-dealkylation sites (N-methyl/N-ethyl adjacent to an activating group) is 1. The molecule has 110 valence electrons. The van der Waals surface area contributed by atoms with E-state index in [2.05, 4.69) is 48.0 Å². The maximum atomic E-state index is 10.7. The zero-order valence-electron chi connectivity index (χ0n) is 12.4. The highest BCUT2D eigenvalue weighted by Crippen LogP contribution is 2.27. The summed E-state index contributed by atoms with van der Waals surface area (Å²) in [4.78, 5) is 15.4. The molecule has 1 N–H and O–H groups in total. The molecular formula is C16H24N2O2. The molecule has 0 radical (unpaired) electrons. The van der Waals surface area contributed by atoms with Gasteiger partial charge in [-0.15, -0.1) is 0 Å². The van der Waals surface area contributed by atoms with Crippen LogP contribution in [0.4, 0.5) is 5.69 Å². The van der Waals surface area contributed by atoms with Crippen LogP contribution in [-0.4, -0.2) is 42.2 Å². The molecule has 4 nitrogen and oxygen atoms in total. The quantitative estimate of drug-likeness (QED) is 0.897. The standard InChI is InChI=1S/C16H24N2O2/c1-3-14-12-17(2)15-8-5-4-7-13(15)11-18(14)10-6-9-16(19)20/h4-5,7-8,14H,3,6,9-12H2,1-2H3,(H,19,20)/t14-/m1/s1. The number of aliphatic carboxylic acids is 1. The molecule has 0 aliphatic carbocycles. The molecule has 1 aliphatic heterocycles. The molecule has 0 aromatic heterocycles. The topological polar surface area (TPSA) is 43.8 Å². The Bertz CT molecular complexity index is 462. The summed E-state index contributed by atoms with van der Waals surface area (Å²) >= 11 is 0. The van der Waals surface area contributed by atoms with E-state index in [0.29, 0.717) is 6.04 Å². The Morgan fingerprint density at radius 1 is 1.40 bits per heavy atom. The van der Waals surface area contributed by atoms with E-state index in [1.54, 1.807) is 0 Å². The number of benzene rings is 1. The number of carboxylic acids is 1. The molecule has 0 fully saturated rings. The second kappa shape index (κ2) is 6.75. The fourth-order valence-corrected chi connectivity index (χ4v) is 2.98. The van der Waals surface area contributed by atoms with E-state index in [0.717, 1.165) is 32.5 Å². The third-order valence-corrected chi connectivity index (χ3v) is 4.08. The van der Waals surface area contributed by atoms with Gasteiger partial charge in [0.2, 0.25) is 0 Å². The van der Waals surface area contributed by atoms with Gasteiger partial charge in [-0.1, -0.05) is 25.1 Å². The van der Waals surface area contributed by atoms with Gasteiger partial charge in [-0.3, -0.25) is 9.69 Å². The number of anilines is 1. The first-order chi connectivity index (χ1) is 9.61. The fourth-order valence-electron chi connectivity index (χ4n) is 2.98. The number of hydrogen-bond acceptors (Lipinski definition) is 3. The number of fused-ring (bicyclic) bond motifs is 1. The summed E-state index contributed by atoms with van der Waals surface area (Å²) in [6, 6.07) is 8.99. The van der Waals surface area contributed by atoms with Crippen molar-refractivity contribution in [3.8, 4) is 0 Å². The minimum Gasteiger partial charge on any atom is -0.481 e. The first kappa shape index (κ1) is 14.9. The van der Waals surface area contributed by atoms with Gasteiger partial charge in [0.05, 0.1) is 0 Å². The average molecular weight is 276 g/mol. The molecular weight excluding hydrogens is 252 g/mol. The van der Waals surface area contributed by atoms with E-state index in [4.69, 9.17) is 5.11 Å². The van der Waals surface area contributed by atoms with Crippen LogP contribution in [0.3, 0.4) is 0 Å². The first-order valence-corrected chi connectivity index (χ1v) is 7.36. The molecule has 0 amide bonds. The van der Waals surface area contributed by atoms with Gasteiger partial charge in [0.15, 0.2) is 0 Å². The van der Waals surface area contributed by atoms with E-state index < -0.39 is 5.97 Å². The Kier molecular flexibility index (Phi) is 5.01. The van der Waals surface area contributed by atoms with Gasteiger partial charge in [-0.05, 0) is 31.0 Å². The van der Waals surface area contributed by atoms with Crippen molar-refractivity contribution in [2.45, 2.75) is 38.8 Å². The second-order valence-electron chi connectivity index (χ2n) is 5.54. The lowest BCUT2D eigenvalue weighted by molar-refractivity contribution is -0.137. The fraction of sp³-hybridized carbons (Fsp3) is 0.562. The zero-order chi connectivity index (χ0) is 14.5. The minimum atomic E-state index is -0.703. The number of para-hydroxylation sites is 1. The van der Waals surface area contributed by atoms with Gasteiger partial charge in [0, 0.05) is 38.3 Å². The zero-order valence-corrected chi connectivity index (χ0v) is 12.4. The highest BCUT2D eigenvalue weighted by molar-refractivity contribution is 5.66. The van der Waals surface area contributed by atoms with Gasteiger partial charge < -0.3 is 10.0 Å². The lowest BCUT2D eigenvalue weighted by Crippen LogP contribution is -2.40. The summed E-state index contributed by atoms with van der Waals surface area (Å²) < 4.78 is 0. The van der Waals surface area contributed by atoms with Gasteiger partial charge in [-0.25, -0.2) is 0 Å². The van der Waals surface area contributed by atoms with Crippen LogP contribution < -0.4 is 4.90 Å². The molecule has 0 spiro atoms. The maximum absolute atomic E-state index is 10.7. The molecule has 0 bridgehead atoms. The summed E-state index contributed by atoms with van der Waals surface area (Å²) in [5.74, 6) is -0.703. The molecule has 1 aromatic carbocycles. The predicted octanol–water partition coefficient (Wildman–Crippen LogP) is 2.58. The van der Waals surface area contributed by atoms with Crippen molar-refractivity contribution in [3.63, 3.8) is 0 Å². The van der Waals surface area contributed by atoms with Crippen LogP contribution in [0, 0.1) is 0 Å². The smallest absolute Gasteiger partial charge is 0.303 e. The van der Waals surface area contributed by atoms with Crippen LogP contribution in [0.2, 0.25) is 0 Å². The molecule has 1 atom stereocenters. The van der Waals surface area contributed by atoms with Crippen LogP contribution in [0.1, 0.15) is 31.7 Å². The second-order valence-corrected chi connectivity index (χ2v) is 5.54. The minimum absolute atomic E-state index is 0.254. The Labute approximate surface area is 121 Å². The van der Waals surface area contributed by atoms with E-state index in [9.17, 15) is 4.79 Å². The molecule has 0 saturated carbocycles. The summed E-state index contributed by atoms with van der Waals surface area (Å²) in [5.41, 5.74) is 2.63. The Morgan fingerprint density at radius 3 is 2.85 bits per heavy atom. The van der Waals surface area contributed by atoms with E-state index >= 15 is 0 Å². The molecule has 4 heteroatoms. The predicted molar refractivity (Wildman–Crippen MR) is 81.1 cm³/mol. The lowest BCUT2D eigenvalue weighted by atomic mass is 10.1. The molecule has 0 unspecified atom stereocenters. The number of carbonyl (C=O) groups is 1. The molecule has 1 aliphatic rings. The van der Waals surface area contributed by atoms with Gasteiger partial charge in [-0.2, -0.15) is 0 Å². The number of nitrogens with zero attached hydrogens (tertiary/aromatic N) is 2. The highest BCUT2D eigenvalue weighted by Gasteiger charge is 2.24. The summed E-state index contributed by atoms with van der Waals surface area (Å²) in [7, 11) is 2.14. The number of carboxylic acid groups (broad SMARTS) is 1. The Hall–Kier alpha value is -1.55. The average Bonchev–Trinajstić information content (AvgIpc) is 2.56. The van der Waals surface area contributed by atoms with Crippen molar-refractivity contribution in [3.05, 3.63) is 29.8 Å². The van der Waals surface area contributed by atoms with Gasteiger partial charge in [0.25, 0.3) is 0 Å². The van der Waals surface area contributed by atoms with Gasteiger partial charge >= 0.3 is 5.97 Å². The van der Waals surface area contributed by atoms with Crippen molar-refractivity contribution in [1.29, 1.82) is 0 Å².